The molecule has 0 spiro atoms. The van der Waals surface area contributed by atoms with Gasteiger partial charge in [-0.15, -0.1) is 0 Å². The molecule has 0 N–H and O–H groups in total. The highest BCUT2D eigenvalue weighted by molar-refractivity contribution is 5.59. The van der Waals surface area contributed by atoms with E-state index in [9.17, 15) is 4.79 Å². The first-order valence-corrected chi connectivity index (χ1v) is 5.90. The van der Waals surface area contributed by atoms with Crippen LogP contribution in [-0.4, -0.2) is 19.9 Å². The molecule has 0 aliphatic heterocycles. The lowest BCUT2D eigenvalue weighted by atomic mass is 9.84. The second kappa shape index (κ2) is 8.57. The van der Waals surface area contributed by atoms with Crippen LogP contribution in [0.25, 0.3) is 0 Å². The van der Waals surface area contributed by atoms with E-state index >= 15 is 0 Å². The molecule has 0 aromatic carbocycles. The van der Waals surface area contributed by atoms with E-state index in [2.05, 4.69) is 25.5 Å². The second-order valence-corrected chi connectivity index (χ2v) is 3.84. The first-order valence-electron chi connectivity index (χ1n) is 5.90. The van der Waals surface area contributed by atoms with Gasteiger partial charge in [0.1, 0.15) is 0 Å². The molecule has 3 heteroatoms. The first-order chi connectivity index (χ1) is 7.19. The largest absolute Gasteiger partial charge is 0.507 e. The van der Waals surface area contributed by atoms with Crippen molar-refractivity contribution in [1.29, 1.82) is 0 Å². The van der Waals surface area contributed by atoms with Crippen molar-refractivity contribution in [3.05, 3.63) is 0 Å². The van der Waals surface area contributed by atoms with Crippen LogP contribution in [0.3, 0.4) is 0 Å². The lowest BCUT2D eigenvalue weighted by molar-refractivity contribution is 0.0646. The maximum absolute atomic E-state index is 10.7. The van der Waals surface area contributed by atoms with Crippen LogP contribution in [0.4, 0.5) is 4.79 Å². The van der Waals surface area contributed by atoms with E-state index in [-0.39, 0.29) is 0 Å². The molecule has 1 atom stereocenters. The van der Waals surface area contributed by atoms with Crippen LogP contribution < -0.4 is 0 Å². The molecule has 90 valence electrons. The Morgan fingerprint density at radius 2 is 1.60 bits per heavy atom. The summed E-state index contributed by atoms with van der Waals surface area (Å²) in [4.78, 5) is 10.7. The number of methoxy groups -OCH3 is 1. The Bertz CT molecular complexity index is 164. The van der Waals surface area contributed by atoms with Gasteiger partial charge >= 0.3 is 6.16 Å². The highest BCUT2D eigenvalue weighted by Crippen LogP contribution is 2.25. The Hall–Kier alpha value is -0.730. The fourth-order valence-electron chi connectivity index (χ4n) is 2.08. The summed E-state index contributed by atoms with van der Waals surface area (Å²) in [5.41, 5.74) is 0. The van der Waals surface area contributed by atoms with Crippen molar-refractivity contribution in [2.75, 3.05) is 13.7 Å². The van der Waals surface area contributed by atoms with Gasteiger partial charge in [0.05, 0.1) is 13.7 Å². The molecule has 0 amide bonds. The zero-order chi connectivity index (χ0) is 11.7. The van der Waals surface area contributed by atoms with E-state index in [0.717, 1.165) is 18.8 Å². The van der Waals surface area contributed by atoms with Crippen molar-refractivity contribution < 1.29 is 14.3 Å². The number of rotatable bonds is 7. The van der Waals surface area contributed by atoms with Gasteiger partial charge in [-0.05, 0) is 18.3 Å². The number of ether oxygens (including phenoxy) is 2. The normalized spacial score (nSPS) is 12.6. The van der Waals surface area contributed by atoms with Gasteiger partial charge in [0, 0.05) is 0 Å². The van der Waals surface area contributed by atoms with E-state index in [1.165, 1.54) is 20.0 Å². The SMILES string of the molecule is CCC(CC)C(CC)CCOC(=O)OC. The molecule has 0 aliphatic carbocycles. The zero-order valence-electron chi connectivity index (χ0n) is 10.4. The summed E-state index contributed by atoms with van der Waals surface area (Å²) < 4.78 is 9.32. The van der Waals surface area contributed by atoms with Crippen LogP contribution in [0.5, 0.6) is 0 Å². The molecule has 0 rings (SSSR count). The maximum atomic E-state index is 10.7. The highest BCUT2D eigenvalue weighted by atomic mass is 16.7. The highest BCUT2D eigenvalue weighted by Gasteiger charge is 2.16. The summed E-state index contributed by atoms with van der Waals surface area (Å²) in [6.07, 6.45) is 3.92. The quantitative estimate of drug-likeness (QED) is 0.610. The summed E-state index contributed by atoms with van der Waals surface area (Å²) >= 11 is 0. The average Bonchev–Trinajstić information content (AvgIpc) is 2.27. The van der Waals surface area contributed by atoms with Crippen LogP contribution in [0.1, 0.15) is 46.5 Å². The lowest BCUT2D eigenvalue weighted by Gasteiger charge is -2.23. The van der Waals surface area contributed by atoms with E-state index in [0.29, 0.717) is 12.5 Å². The van der Waals surface area contributed by atoms with Crippen LogP contribution in [0.2, 0.25) is 0 Å². The van der Waals surface area contributed by atoms with Crippen LogP contribution >= 0.6 is 0 Å². The average molecular weight is 216 g/mol. The Balaban J connectivity index is 3.83. The van der Waals surface area contributed by atoms with Crippen LogP contribution in [0, 0.1) is 11.8 Å². The van der Waals surface area contributed by atoms with Gasteiger partial charge in [-0.1, -0.05) is 40.0 Å². The first kappa shape index (κ1) is 14.3. The minimum absolute atomic E-state index is 0.474. The fraction of sp³-hybridized carbons (Fsp3) is 0.917. The molecule has 0 heterocycles. The molecular formula is C12H24O3. The summed E-state index contributed by atoms with van der Waals surface area (Å²) in [6.45, 7) is 7.11. The third kappa shape index (κ3) is 5.65. The minimum Gasteiger partial charge on any atom is -0.438 e. The molecular weight excluding hydrogens is 192 g/mol. The predicted molar refractivity (Wildman–Crippen MR) is 60.8 cm³/mol. The summed E-state index contributed by atoms with van der Waals surface area (Å²) in [7, 11) is 1.33. The van der Waals surface area contributed by atoms with Crippen molar-refractivity contribution in [1.82, 2.24) is 0 Å². The smallest absolute Gasteiger partial charge is 0.438 e. The lowest BCUT2D eigenvalue weighted by Crippen LogP contribution is -2.16. The Morgan fingerprint density at radius 3 is 2.00 bits per heavy atom. The predicted octanol–water partition coefficient (Wildman–Crippen LogP) is 3.62. The molecule has 0 aromatic heterocycles. The van der Waals surface area contributed by atoms with Gasteiger partial charge in [0.15, 0.2) is 0 Å². The number of carbonyl (C=O) groups is 1. The number of hydrogen-bond donors (Lipinski definition) is 0. The summed E-state index contributed by atoms with van der Waals surface area (Å²) in [5.74, 6) is 1.40. The Morgan fingerprint density at radius 1 is 1.07 bits per heavy atom. The van der Waals surface area contributed by atoms with E-state index in [1.54, 1.807) is 0 Å². The van der Waals surface area contributed by atoms with Gasteiger partial charge in [0.25, 0.3) is 0 Å². The second-order valence-electron chi connectivity index (χ2n) is 3.84. The van der Waals surface area contributed by atoms with E-state index < -0.39 is 6.16 Å². The summed E-state index contributed by atoms with van der Waals surface area (Å²) in [5, 5.41) is 0. The van der Waals surface area contributed by atoms with Crippen molar-refractivity contribution in [2.45, 2.75) is 46.5 Å². The van der Waals surface area contributed by atoms with Crippen molar-refractivity contribution in [3.8, 4) is 0 Å². The van der Waals surface area contributed by atoms with Gasteiger partial charge in [0.2, 0.25) is 0 Å². The molecule has 0 saturated heterocycles. The third-order valence-electron chi connectivity index (χ3n) is 3.12. The topological polar surface area (TPSA) is 35.5 Å². The zero-order valence-corrected chi connectivity index (χ0v) is 10.4. The van der Waals surface area contributed by atoms with Crippen molar-refractivity contribution >= 4 is 6.16 Å². The van der Waals surface area contributed by atoms with Crippen LogP contribution in [0.15, 0.2) is 0 Å². The third-order valence-corrected chi connectivity index (χ3v) is 3.12. The van der Waals surface area contributed by atoms with Gasteiger partial charge in [-0.25, -0.2) is 4.79 Å². The molecule has 3 nitrogen and oxygen atoms in total. The van der Waals surface area contributed by atoms with Crippen molar-refractivity contribution in [3.63, 3.8) is 0 Å². The monoisotopic (exact) mass is 216 g/mol. The van der Waals surface area contributed by atoms with Gasteiger partial charge in [-0.2, -0.15) is 0 Å². The minimum atomic E-state index is -0.575. The Labute approximate surface area is 93.1 Å². The van der Waals surface area contributed by atoms with Crippen LogP contribution in [-0.2, 0) is 9.47 Å². The molecule has 0 fully saturated rings. The molecule has 0 aliphatic rings. The van der Waals surface area contributed by atoms with Gasteiger partial charge in [-0.3, -0.25) is 0 Å². The number of hydrogen-bond acceptors (Lipinski definition) is 3. The van der Waals surface area contributed by atoms with E-state index in [4.69, 9.17) is 4.74 Å². The molecule has 1 unspecified atom stereocenters. The fourth-order valence-corrected chi connectivity index (χ4v) is 2.08. The Kier molecular flexibility index (Phi) is 8.15. The molecule has 0 aromatic rings. The molecule has 15 heavy (non-hydrogen) atoms. The summed E-state index contributed by atoms with van der Waals surface area (Å²) in [6, 6.07) is 0. The molecule has 0 radical (unpaired) electrons. The maximum Gasteiger partial charge on any atom is 0.507 e. The van der Waals surface area contributed by atoms with Gasteiger partial charge < -0.3 is 9.47 Å². The molecule has 0 bridgehead atoms. The van der Waals surface area contributed by atoms with Crippen molar-refractivity contribution in [2.24, 2.45) is 11.8 Å². The number of carbonyl (C=O) groups excluding carboxylic acids is 1. The van der Waals surface area contributed by atoms with E-state index in [1.807, 2.05) is 0 Å². The molecule has 0 saturated carbocycles. The standard InChI is InChI=1S/C12H24O3/c1-5-10(6-2)11(7-3)8-9-15-12(13)14-4/h10-11H,5-9H2,1-4H3.